The van der Waals surface area contributed by atoms with E-state index in [0.717, 1.165) is 12.1 Å². The van der Waals surface area contributed by atoms with Gasteiger partial charge in [0.15, 0.2) is 6.61 Å². The highest BCUT2D eigenvalue weighted by Crippen LogP contribution is 2.35. The number of amides is 2. The molecule has 40 heavy (non-hydrogen) atoms. The molecule has 1 heterocycles. The Bertz CT molecular complexity index is 1310. The molecule has 8 nitrogen and oxygen atoms in total. The van der Waals surface area contributed by atoms with Gasteiger partial charge >= 0.3 is 12.1 Å². The lowest BCUT2D eigenvalue weighted by Gasteiger charge is -2.31. The van der Waals surface area contributed by atoms with E-state index in [1.54, 1.807) is 60.7 Å². The summed E-state index contributed by atoms with van der Waals surface area (Å²) in [6.45, 7) is 0.966. The molecule has 1 aliphatic heterocycles. The van der Waals surface area contributed by atoms with Gasteiger partial charge in [-0.05, 0) is 35.9 Å². The van der Waals surface area contributed by atoms with Gasteiger partial charge in [0.25, 0.3) is 11.8 Å². The van der Waals surface area contributed by atoms with Crippen molar-refractivity contribution in [3.05, 3.63) is 95.6 Å². The first kappa shape index (κ1) is 28.6. The van der Waals surface area contributed by atoms with E-state index in [1.807, 2.05) is 4.90 Å². The van der Waals surface area contributed by atoms with Crippen molar-refractivity contribution in [1.29, 1.82) is 0 Å². The van der Waals surface area contributed by atoms with Gasteiger partial charge in [-0.3, -0.25) is 14.4 Å². The molecular weight excluding hydrogens is 527 g/mol. The van der Waals surface area contributed by atoms with Gasteiger partial charge in [-0.25, -0.2) is 0 Å². The van der Waals surface area contributed by atoms with Crippen LogP contribution >= 0.6 is 0 Å². The minimum atomic E-state index is -4.61. The van der Waals surface area contributed by atoms with E-state index in [9.17, 15) is 27.6 Å². The summed E-state index contributed by atoms with van der Waals surface area (Å²) in [4.78, 5) is 39.9. The maximum atomic E-state index is 13.3. The number of morpholine rings is 1. The van der Waals surface area contributed by atoms with Crippen molar-refractivity contribution in [2.75, 3.05) is 43.1 Å². The highest BCUT2D eigenvalue weighted by atomic mass is 19.4. The lowest BCUT2D eigenvalue weighted by atomic mass is 10.0. The number of esters is 1. The Morgan fingerprint density at radius 3 is 2.23 bits per heavy atom. The summed E-state index contributed by atoms with van der Waals surface area (Å²) >= 11 is 0. The number of halogens is 3. The van der Waals surface area contributed by atoms with Crippen LogP contribution in [0.3, 0.4) is 0 Å². The van der Waals surface area contributed by atoms with E-state index in [1.165, 1.54) is 6.07 Å². The van der Waals surface area contributed by atoms with Crippen molar-refractivity contribution < 1.29 is 37.0 Å². The van der Waals surface area contributed by atoms with Crippen LogP contribution in [0.4, 0.5) is 24.5 Å². The lowest BCUT2D eigenvalue weighted by molar-refractivity contribution is -0.147. The highest BCUT2D eigenvalue weighted by molar-refractivity contribution is 5.96. The van der Waals surface area contributed by atoms with Gasteiger partial charge in [0.2, 0.25) is 0 Å². The maximum Gasteiger partial charge on any atom is 0.416 e. The van der Waals surface area contributed by atoms with Crippen molar-refractivity contribution >= 4 is 29.2 Å². The van der Waals surface area contributed by atoms with Gasteiger partial charge in [-0.1, -0.05) is 48.5 Å². The van der Waals surface area contributed by atoms with Crippen molar-refractivity contribution in [3.63, 3.8) is 0 Å². The molecule has 3 aromatic rings. The summed E-state index contributed by atoms with van der Waals surface area (Å²) in [5.41, 5.74) is 0.510. The standard InChI is InChI=1S/C29H28F3N3O5/c30-29(31,32)22-11-12-25(35-13-15-39-16-14-35)24(17-22)33-26(36)19-40-27(37)18-23(20-7-3-1-4-8-20)34-28(38)21-9-5-2-6-10-21/h1-12,17,23H,13-16,18-19H2,(H,33,36)(H,34,38)/t23-/m1/s1. The molecule has 1 fully saturated rings. The largest absolute Gasteiger partial charge is 0.455 e. The summed E-state index contributed by atoms with van der Waals surface area (Å²) in [7, 11) is 0. The molecule has 0 saturated carbocycles. The molecular formula is C29H28F3N3O5. The van der Waals surface area contributed by atoms with E-state index in [2.05, 4.69) is 10.6 Å². The molecule has 1 aliphatic rings. The second kappa shape index (κ2) is 13.1. The third kappa shape index (κ3) is 7.82. The van der Waals surface area contributed by atoms with Gasteiger partial charge in [0.1, 0.15) is 0 Å². The zero-order valence-electron chi connectivity index (χ0n) is 21.4. The number of alkyl halides is 3. The number of carbonyl (C=O) groups excluding carboxylic acids is 3. The number of hydrogen-bond acceptors (Lipinski definition) is 6. The first-order valence-electron chi connectivity index (χ1n) is 12.6. The number of carbonyl (C=O) groups is 3. The quantitative estimate of drug-likeness (QED) is 0.375. The van der Waals surface area contributed by atoms with E-state index < -0.39 is 36.3 Å². The van der Waals surface area contributed by atoms with Crippen LogP contribution in [-0.4, -0.2) is 50.7 Å². The summed E-state index contributed by atoms with van der Waals surface area (Å²) < 4.78 is 50.5. The summed E-state index contributed by atoms with van der Waals surface area (Å²) in [6, 6.07) is 19.7. The van der Waals surface area contributed by atoms with Crippen LogP contribution in [0.5, 0.6) is 0 Å². The molecule has 0 unspecified atom stereocenters. The molecule has 1 saturated heterocycles. The predicted octanol–water partition coefficient (Wildman–Crippen LogP) is 4.59. The second-order valence-electron chi connectivity index (χ2n) is 9.04. The average Bonchev–Trinajstić information content (AvgIpc) is 2.96. The van der Waals surface area contributed by atoms with Crippen LogP contribution in [-0.2, 0) is 25.2 Å². The summed E-state index contributed by atoms with van der Waals surface area (Å²) in [5.74, 6) is -1.96. The molecule has 0 bridgehead atoms. The number of ether oxygens (including phenoxy) is 2. The minimum Gasteiger partial charge on any atom is -0.455 e. The highest BCUT2D eigenvalue weighted by Gasteiger charge is 2.32. The van der Waals surface area contributed by atoms with E-state index >= 15 is 0 Å². The third-order valence-corrected chi connectivity index (χ3v) is 6.23. The van der Waals surface area contributed by atoms with Crippen LogP contribution in [0, 0.1) is 0 Å². The van der Waals surface area contributed by atoms with Crippen molar-refractivity contribution in [2.45, 2.75) is 18.6 Å². The molecule has 210 valence electrons. The normalized spacial score (nSPS) is 14.2. The van der Waals surface area contributed by atoms with Gasteiger partial charge in [-0.2, -0.15) is 13.2 Å². The first-order chi connectivity index (χ1) is 19.2. The molecule has 0 aliphatic carbocycles. The second-order valence-corrected chi connectivity index (χ2v) is 9.04. The Morgan fingerprint density at radius 2 is 1.57 bits per heavy atom. The van der Waals surface area contributed by atoms with Gasteiger partial charge in [-0.15, -0.1) is 0 Å². The Balaban J connectivity index is 1.41. The van der Waals surface area contributed by atoms with Crippen LogP contribution < -0.4 is 15.5 Å². The summed E-state index contributed by atoms with van der Waals surface area (Å²) in [6.07, 6.45) is -4.87. The maximum absolute atomic E-state index is 13.3. The molecule has 1 atom stereocenters. The third-order valence-electron chi connectivity index (χ3n) is 6.23. The molecule has 11 heteroatoms. The fraction of sp³-hybridized carbons (Fsp3) is 0.276. The first-order valence-corrected chi connectivity index (χ1v) is 12.6. The number of hydrogen-bond donors (Lipinski definition) is 2. The number of nitrogens with one attached hydrogen (secondary N) is 2. The average molecular weight is 556 g/mol. The number of anilines is 2. The number of benzene rings is 3. The van der Waals surface area contributed by atoms with E-state index in [-0.39, 0.29) is 18.0 Å². The van der Waals surface area contributed by atoms with Gasteiger partial charge in [0.05, 0.1) is 42.6 Å². The monoisotopic (exact) mass is 555 g/mol. The Labute approximate surface area is 229 Å². The number of rotatable bonds is 9. The molecule has 2 N–H and O–H groups in total. The fourth-order valence-corrected chi connectivity index (χ4v) is 4.22. The number of nitrogens with zero attached hydrogens (tertiary/aromatic N) is 1. The van der Waals surface area contributed by atoms with Crippen LogP contribution in [0.1, 0.15) is 33.9 Å². The van der Waals surface area contributed by atoms with Crippen molar-refractivity contribution in [2.24, 2.45) is 0 Å². The fourth-order valence-electron chi connectivity index (χ4n) is 4.22. The van der Waals surface area contributed by atoms with Crippen LogP contribution in [0.25, 0.3) is 0 Å². The van der Waals surface area contributed by atoms with E-state index in [4.69, 9.17) is 9.47 Å². The van der Waals surface area contributed by atoms with Gasteiger partial charge < -0.3 is 25.0 Å². The zero-order chi connectivity index (χ0) is 28.5. The summed E-state index contributed by atoms with van der Waals surface area (Å²) in [5, 5.41) is 5.26. The Kier molecular flexibility index (Phi) is 9.39. The van der Waals surface area contributed by atoms with Crippen LogP contribution in [0.15, 0.2) is 78.9 Å². The molecule has 0 aromatic heterocycles. The lowest BCUT2D eigenvalue weighted by Crippen LogP contribution is -2.37. The molecule has 0 radical (unpaired) electrons. The molecule has 4 rings (SSSR count). The molecule has 3 aromatic carbocycles. The topological polar surface area (TPSA) is 97.0 Å². The van der Waals surface area contributed by atoms with Gasteiger partial charge in [0, 0.05) is 18.7 Å². The SMILES string of the molecule is O=C(COC(=O)C[C@@H](NC(=O)c1ccccc1)c1ccccc1)Nc1cc(C(F)(F)F)ccc1N1CCOCC1. The zero-order valence-corrected chi connectivity index (χ0v) is 21.4. The predicted molar refractivity (Wildman–Crippen MR) is 142 cm³/mol. The Hall–Kier alpha value is -4.38. The van der Waals surface area contributed by atoms with E-state index in [0.29, 0.717) is 43.1 Å². The molecule has 2 amide bonds. The van der Waals surface area contributed by atoms with Crippen molar-refractivity contribution in [1.82, 2.24) is 5.32 Å². The Morgan fingerprint density at radius 1 is 0.925 bits per heavy atom. The van der Waals surface area contributed by atoms with Crippen molar-refractivity contribution in [3.8, 4) is 0 Å². The van der Waals surface area contributed by atoms with Crippen LogP contribution in [0.2, 0.25) is 0 Å². The molecule has 0 spiro atoms. The smallest absolute Gasteiger partial charge is 0.416 e. The minimum absolute atomic E-state index is 0.0462.